The van der Waals surface area contributed by atoms with Crippen molar-refractivity contribution in [1.82, 2.24) is 5.32 Å². The summed E-state index contributed by atoms with van der Waals surface area (Å²) in [6, 6.07) is 15.1. The van der Waals surface area contributed by atoms with Crippen LogP contribution in [0.5, 0.6) is 5.75 Å². The van der Waals surface area contributed by atoms with Gasteiger partial charge in [0.15, 0.2) is 0 Å². The largest absolute Gasteiger partial charge is 0.497 e. The molecule has 5 nitrogen and oxygen atoms in total. The number of methoxy groups -OCH3 is 1. The van der Waals surface area contributed by atoms with E-state index in [1.807, 2.05) is 12.1 Å². The van der Waals surface area contributed by atoms with Gasteiger partial charge in [-0.15, -0.1) is 12.4 Å². The molecule has 0 aromatic heterocycles. The second-order valence-electron chi connectivity index (χ2n) is 6.43. The lowest BCUT2D eigenvalue weighted by Crippen LogP contribution is -2.44. The number of amides is 1. The Morgan fingerprint density at radius 2 is 1.88 bits per heavy atom. The minimum Gasteiger partial charge on any atom is -0.497 e. The molecule has 1 heterocycles. The lowest BCUT2D eigenvalue weighted by Gasteiger charge is -2.38. The van der Waals surface area contributed by atoms with Crippen molar-refractivity contribution in [3.63, 3.8) is 0 Å². The number of nitrogen functional groups attached to an aromatic ring is 1. The number of nitrogens with one attached hydrogen (secondary N) is 1. The Morgan fingerprint density at radius 3 is 2.50 bits per heavy atom. The van der Waals surface area contributed by atoms with Crippen LogP contribution in [0.25, 0.3) is 0 Å². The highest BCUT2D eigenvalue weighted by atomic mass is 35.5. The zero-order valence-electron chi connectivity index (χ0n) is 14.9. The normalized spacial score (nSPS) is 15.6. The number of carbonyl (C=O) groups is 1. The maximum absolute atomic E-state index is 12.5. The smallest absolute Gasteiger partial charge is 0.251 e. The molecule has 2 aromatic carbocycles. The molecule has 1 fully saturated rings. The third-order valence-corrected chi connectivity index (χ3v) is 4.89. The second-order valence-corrected chi connectivity index (χ2v) is 6.43. The van der Waals surface area contributed by atoms with E-state index in [4.69, 9.17) is 15.2 Å². The molecule has 0 unspecified atom stereocenters. The number of ether oxygens (including phenoxy) is 2. The van der Waals surface area contributed by atoms with Crippen LogP contribution in [0.15, 0.2) is 48.5 Å². The summed E-state index contributed by atoms with van der Waals surface area (Å²) in [4.78, 5) is 12.5. The van der Waals surface area contributed by atoms with Crippen LogP contribution in [0.4, 0.5) is 5.69 Å². The summed E-state index contributed by atoms with van der Waals surface area (Å²) in [5, 5.41) is 3.08. The van der Waals surface area contributed by atoms with E-state index in [9.17, 15) is 4.79 Å². The Morgan fingerprint density at radius 1 is 1.19 bits per heavy atom. The summed E-state index contributed by atoms with van der Waals surface area (Å²) in [5.74, 6) is 0.724. The average molecular weight is 377 g/mol. The van der Waals surface area contributed by atoms with E-state index in [0.717, 1.165) is 18.6 Å². The fourth-order valence-electron chi connectivity index (χ4n) is 3.31. The van der Waals surface area contributed by atoms with Gasteiger partial charge in [0.25, 0.3) is 5.91 Å². The molecule has 2 aromatic rings. The first-order chi connectivity index (χ1) is 12.1. The molecule has 1 saturated heterocycles. The fraction of sp³-hybridized carbons (Fsp3) is 0.350. The molecule has 1 amide bonds. The fourth-order valence-corrected chi connectivity index (χ4v) is 3.31. The Bertz CT molecular complexity index is 728. The van der Waals surface area contributed by atoms with Crippen LogP contribution in [-0.2, 0) is 10.2 Å². The molecule has 26 heavy (non-hydrogen) atoms. The van der Waals surface area contributed by atoms with Crippen molar-refractivity contribution in [3.05, 3.63) is 59.7 Å². The first kappa shape index (κ1) is 20.1. The first-order valence-electron chi connectivity index (χ1n) is 8.49. The maximum atomic E-state index is 12.5. The third kappa shape index (κ3) is 4.48. The highest BCUT2D eigenvalue weighted by Gasteiger charge is 2.35. The maximum Gasteiger partial charge on any atom is 0.251 e. The van der Waals surface area contributed by atoms with E-state index in [-0.39, 0.29) is 23.7 Å². The molecule has 0 radical (unpaired) electrons. The molecule has 3 N–H and O–H groups in total. The summed E-state index contributed by atoms with van der Waals surface area (Å²) in [5.41, 5.74) is 8.01. The molecular weight excluding hydrogens is 352 g/mol. The SMILES string of the molecule is COc1ccc(C2(CNC(=O)c3cccc(N)c3)CCOCC2)cc1.Cl. The molecule has 0 atom stereocenters. The van der Waals surface area contributed by atoms with Crippen LogP contribution in [0.3, 0.4) is 0 Å². The highest BCUT2D eigenvalue weighted by Crippen LogP contribution is 2.35. The monoisotopic (exact) mass is 376 g/mol. The summed E-state index contributed by atoms with van der Waals surface area (Å²) >= 11 is 0. The summed E-state index contributed by atoms with van der Waals surface area (Å²) in [7, 11) is 1.66. The number of nitrogens with two attached hydrogens (primary N) is 1. The molecule has 140 valence electrons. The number of rotatable bonds is 5. The van der Waals surface area contributed by atoms with Crippen molar-refractivity contribution in [2.45, 2.75) is 18.3 Å². The summed E-state index contributed by atoms with van der Waals surface area (Å²) in [6.45, 7) is 1.96. The van der Waals surface area contributed by atoms with Crippen molar-refractivity contribution in [2.24, 2.45) is 0 Å². The van der Waals surface area contributed by atoms with E-state index < -0.39 is 0 Å². The third-order valence-electron chi connectivity index (χ3n) is 4.89. The molecule has 0 spiro atoms. The number of hydrogen-bond acceptors (Lipinski definition) is 4. The molecule has 3 rings (SSSR count). The van der Waals surface area contributed by atoms with Crippen molar-refractivity contribution in [2.75, 3.05) is 32.6 Å². The predicted octanol–water partition coefficient (Wildman–Crippen LogP) is 3.18. The molecule has 0 bridgehead atoms. The first-order valence-corrected chi connectivity index (χ1v) is 8.49. The van der Waals surface area contributed by atoms with Crippen molar-refractivity contribution in [3.8, 4) is 5.75 Å². The Kier molecular flexibility index (Phi) is 6.89. The quantitative estimate of drug-likeness (QED) is 0.786. The number of carbonyl (C=O) groups excluding carboxylic acids is 1. The molecular formula is C20H25ClN2O3. The summed E-state index contributed by atoms with van der Waals surface area (Å²) in [6.07, 6.45) is 1.74. The van der Waals surface area contributed by atoms with Crippen LogP contribution in [0, 0.1) is 0 Å². The highest BCUT2D eigenvalue weighted by molar-refractivity contribution is 5.95. The Hall–Kier alpha value is -2.24. The average Bonchev–Trinajstić information content (AvgIpc) is 2.67. The van der Waals surface area contributed by atoms with Crippen LogP contribution in [0.2, 0.25) is 0 Å². The van der Waals surface area contributed by atoms with Gasteiger partial charge in [-0.25, -0.2) is 0 Å². The van der Waals surface area contributed by atoms with Gasteiger partial charge in [-0.05, 0) is 48.7 Å². The second kappa shape index (κ2) is 8.92. The van der Waals surface area contributed by atoms with Crippen LogP contribution < -0.4 is 15.8 Å². The summed E-state index contributed by atoms with van der Waals surface area (Å²) < 4.78 is 10.8. The van der Waals surface area contributed by atoms with Crippen molar-refractivity contribution >= 4 is 24.0 Å². The van der Waals surface area contributed by atoms with Crippen LogP contribution >= 0.6 is 12.4 Å². The number of benzene rings is 2. The van der Waals surface area contributed by atoms with Gasteiger partial charge in [-0.2, -0.15) is 0 Å². The van der Waals surface area contributed by atoms with E-state index in [0.29, 0.717) is 31.0 Å². The van der Waals surface area contributed by atoms with Crippen LogP contribution in [0.1, 0.15) is 28.8 Å². The standard InChI is InChI=1S/C20H24N2O3.ClH/c1-24-18-7-5-16(6-8-18)20(9-11-25-12-10-20)14-22-19(23)15-3-2-4-17(21)13-15;/h2-8,13H,9-12,14,21H2,1H3,(H,22,23);1H. The topological polar surface area (TPSA) is 73.6 Å². The van der Waals surface area contributed by atoms with Gasteiger partial charge in [0.05, 0.1) is 7.11 Å². The van der Waals surface area contributed by atoms with E-state index in [1.165, 1.54) is 5.56 Å². The van der Waals surface area contributed by atoms with Gasteiger partial charge in [0, 0.05) is 36.4 Å². The van der Waals surface area contributed by atoms with Gasteiger partial charge in [0.2, 0.25) is 0 Å². The lowest BCUT2D eigenvalue weighted by molar-refractivity contribution is 0.0487. The van der Waals surface area contributed by atoms with Crippen LogP contribution in [-0.4, -0.2) is 32.8 Å². The minimum atomic E-state index is -0.124. The van der Waals surface area contributed by atoms with Gasteiger partial charge < -0.3 is 20.5 Å². The molecule has 1 aliphatic heterocycles. The molecule has 0 saturated carbocycles. The van der Waals surface area contributed by atoms with Gasteiger partial charge in [-0.1, -0.05) is 18.2 Å². The zero-order valence-corrected chi connectivity index (χ0v) is 15.7. The molecule has 6 heteroatoms. The lowest BCUT2D eigenvalue weighted by atomic mass is 9.74. The minimum absolute atomic E-state index is 0. The van der Waals surface area contributed by atoms with Gasteiger partial charge >= 0.3 is 0 Å². The molecule has 0 aliphatic carbocycles. The van der Waals surface area contributed by atoms with Crippen molar-refractivity contribution in [1.29, 1.82) is 0 Å². The number of hydrogen-bond donors (Lipinski definition) is 2. The van der Waals surface area contributed by atoms with E-state index in [1.54, 1.807) is 31.4 Å². The predicted molar refractivity (Wildman–Crippen MR) is 105 cm³/mol. The van der Waals surface area contributed by atoms with E-state index in [2.05, 4.69) is 17.4 Å². The number of halogens is 1. The van der Waals surface area contributed by atoms with Crippen molar-refractivity contribution < 1.29 is 14.3 Å². The van der Waals surface area contributed by atoms with Gasteiger partial charge in [0.1, 0.15) is 5.75 Å². The zero-order chi connectivity index (χ0) is 17.7. The molecule has 1 aliphatic rings. The van der Waals surface area contributed by atoms with E-state index >= 15 is 0 Å². The van der Waals surface area contributed by atoms with Gasteiger partial charge in [-0.3, -0.25) is 4.79 Å². The Labute approximate surface area is 160 Å². The number of anilines is 1. The Balaban J connectivity index is 0.00000243.